The van der Waals surface area contributed by atoms with E-state index in [1.54, 1.807) is 0 Å². The molecule has 0 radical (unpaired) electrons. The number of ether oxygens (including phenoxy) is 1. The highest BCUT2D eigenvalue weighted by Crippen LogP contribution is 2.20. The van der Waals surface area contributed by atoms with E-state index in [-0.39, 0.29) is 6.42 Å². The molecule has 0 aromatic heterocycles. The molecule has 0 spiro atoms. The van der Waals surface area contributed by atoms with E-state index in [9.17, 15) is 4.79 Å². The molecule has 3 heteroatoms. The van der Waals surface area contributed by atoms with E-state index in [0.717, 1.165) is 12.2 Å². The lowest BCUT2D eigenvalue weighted by atomic mass is 10.0. The Morgan fingerprint density at radius 3 is 2.76 bits per heavy atom. The summed E-state index contributed by atoms with van der Waals surface area (Å²) in [7, 11) is 0. The Bertz CT molecular complexity index is 358. The molecule has 1 rings (SSSR count). The highest BCUT2D eigenvalue weighted by Gasteiger charge is 2.01. The van der Waals surface area contributed by atoms with Gasteiger partial charge in [0.2, 0.25) is 0 Å². The van der Waals surface area contributed by atoms with Gasteiger partial charge in [0, 0.05) is 6.42 Å². The summed E-state index contributed by atoms with van der Waals surface area (Å²) in [5.74, 6) is 0.615. The van der Waals surface area contributed by atoms with Gasteiger partial charge >= 0.3 is 5.97 Å². The first-order valence-electron chi connectivity index (χ1n) is 6.04. The van der Waals surface area contributed by atoms with Crippen LogP contribution in [0.3, 0.4) is 0 Å². The van der Waals surface area contributed by atoms with Crippen LogP contribution in [-0.4, -0.2) is 17.7 Å². The van der Waals surface area contributed by atoms with Gasteiger partial charge in [-0.2, -0.15) is 0 Å². The van der Waals surface area contributed by atoms with E-state index in [0.29, 0.717) is 18.9 Å². The van der Waals surface area contributed by atoms with Crippen LogP contribution in [0.1, 0.15) is 44.6 Å². The van der Waals surface area contributed by atoms with Gasteiger partial charge in [0.1, 0.15) is 5.75 Å². The Labute approximate surface area is 102 Å². The van der Waals surface area contributed by atoms with Crippen LogP contribution in [0.2, 0.25) is 0 Å². The van der Waals surface area contributed by atoms with E-state index in [1.807, 2.05) is 18.2 Å². The fourth-order valence-corrected chi connectivity index (χ4v) is 1.53. The van der Waals surface area contributed by atoms with Crippen molar-refractivity contribution in [2.24, 2.45) is 0 Å². The Morgan fingerprint density at radius 2 is 2.12 bits per heavy atom. The molecular weight excluding hydrogens is 216 g/mol. The zero-order valence-corrected chi connectivity index (χ0v) is 10.5. The minimum atomic E-state index is -0.744. The predicted molar refractivity (Wildman–Crippen MR) is 67.5 cm³/mol. The summed E-state index contributed by atoms with van der Waals surface area (Å²) in [6.07, 6.45) is 1.66. The third-order valence-corrected chi connectivity index (χ3v) is 2.58. The lowest BCUT2D eigenvalue weighted by Gasteiger charge is -2.09. The van der Waals surface area contributed by atoms with Crippen molar-refractivity contribution in [2.75, 3.05) is 6.61 Å². The number of aliphatic carboxylic acids is 1. The molecule has 1 aromatic carbocycles. The Balaban J connectivity index is 2.31. The van der Waals surface area contributed by atoms with E-state index in [4.69, 9.17) is 9.84 Å². The molecule has 94 valence electrons. The van der Waals surface area contributed by atoms with Gasteiger partial charge in [-0.3, -0.25) is 4.79 Å². The number of rotatable bonds is 7. The maximum atomic E-state index is 10.3. The van der Waals surface area contributed by atoms with Gasteiger partial charge in [-0.1, -0.05) is 26.0 Å². The number of benzene rings is 1. The molecule has 17 heavy (non-hydrogen) atoms. The summed E-state index contributed by atoms with van der Waals surface area (Å²) < 4.78 is 5.59. The summed E-state index contributed by atoms with van der Waals surface area (Å²) in [5.41, 5.74) is 1.26. The molecule has 0 bridgehead atoms. The van der Waals surface area contributed by atoms with Crippen molar-refractivity contribution >= 4 is 5.97 Å². The van der Waals surface area contributed by atoms with Crippen molar-refractivity contribution in [3.8, 4) is 5.75 Å². The van der Waals surface area contributed by atoms with Crippen LogP contribution in [0.25, 0.3) is 0 Å². The lowest BCUT2D eigenvalue weighted by molar-refractivity contribution is -0.137. The molecule has 1 N–H and O–H groups in total. The normalized spacial score (nSPS) is 10.5. The first-order chi connectivity index (χ1) is 8.09. The maximum absolute atomic E-state index is 10.3. The van der Waals surface area contributed by atoms with Crippen molar-refractivity contribution < 1.29 is 14.6 Å². The van der Waals surface area contributed by atoms with Crippen molar-refractivity contribution in [1.29, 1.82) is 0 Å². The van der Waals surface area contributed by atoms with Crippen molar-refractivity contribution in [1.82, 2.24) is 0 Å². The highest BCUT2D eigenvalue weighted by molar-refractivity contribution is 5.66. The van der Waals surface area contributed by atoms with Crippen LogP contribution in [-0.2, 0) is 4.79 Å². The van der Waals surface area contributed by atoms with Crippen LogP contribution >= 0.6 is 0 Å². The third kappa shape index (κ3) is 5.38. The topological polar surface area (TPSA) is 46.5 Å². The summed E-state index contributed by atoms with van der Waals surface area (Å²) in [5, 5.41) is 8.49. The zero-order chi connectivity index (χ0) is 12.7. The fraction of sp³-hybridized carbons (Fsp3) is 0.500. The maximum Gasteiger partial charge on any atom is 0.303 e. The van der Waals surface area contributed by atoms with Crippen LogP contribution < -0.4 is 4.74 Å². The van der Waals surface area contributed by atoms with E-state index in [1.165, 1.54) is 5.56 Å². The first-order valence-corrected chi connectivity index (χ1v) is 6.04. The zero-order valence-electron chi connectivity index (χ0n) is 10.5. The largest absolute Gasteiger partial charge is 0.494 e. The van der Waals surface area contributed by atoms with Crippen molar-refractivity contribution in [3.63, 3.8) is 0 Å². The molecule has 0 amide bonds. The predicted octanol–water partition coefficient (Wildman–Crippen LogP) is 3.44. The van der Waals surface area contributed by atoms with Crippen LogP contribution in [0.4, 0.5) is 0 Å². The molecule has 0 aliphatic rings. The molecular formula is C14H20O3. The van der Waals surface area contributed by atoms with Gasteiger partial charge in [-0.25, -0.2) is 0 Å². The molecule has 0 heterocycles. The molecule has 3 nitrogen and oxygen atoms in total. The van der Waals surface area contributed by atoms with E-state index >= 15 is 0 Å². The molecule has 0 saturated heterocycles. The summed E-state index contributed by atoms with van der Waals surface area (Å²) in [4.78, 5) is 10.3. The standard InChI is InChI=1S/C14H20O3/c1-11(2)12-6-5-7-13(10-12)17-9-4-3-8-14(15)16/h5-7,10-11H,3-4,8-9H2,1-2H3,(H,15,16). The minimum absolute atomic E-state index is 0.218. The van der Waals surface area contributed by atoms with Crippen LogP contribution in [0.15, 0.2) is 24.3 Å². The average Bonchev–Trinajstić information content (AvgIpc) is 2.28. The number of carbonyl (C=O) groups is 1. The summed E-state index contributed by atoms with van der Waals surface area (Å²) in [6, 6.07) is 8.05. The molecule has 0 aliphatic heterocycles. The Kier molecular flexibility index (Phi) is 5.53. The smallest absolute Gasteiger partial charge is 0.303 e. The second kappa shape index (κ2) is 6.94. The van der Waals surface area contributed by atoms with Gasteiger partial charge in [-0.15, -0.1) is 0 Å². The van der Waals surface area contributed by atoms with Crippen LogP contribution in [0.5, 0.6) is 5.75 Å². The number of carboxylic acid groups (broad SMARTS) is 1. The molecule has 1 aromatic rings. The monoisotopic (exact) mass is 236 g/mol. The molecule has 0 saturated carbocycles. The molecule has 0 aliphatic carbocycles. The van der Waals surface area contributed by atoms with E-state index in [2.05, 4.69) is 19.9 Å². The Morgan fingerprint density at radius 1 is 1.35 bits per heavy atom. The second-order valence-corrected chi connectivity index (χ2v) is 4.43. The first kappa shape index (κ1) is 13.6. The lowest BCUT2D eigenvalue weighted by Crippen LogP contribution is -2.00. The molecule has 0 atom stereocenters. The summed E-state index contributed by atoms with van der Waals surface area (Å²) in [6.45, 7) is 4.87. The fourth-order valence-electron chi connectivity index (χ4n) is 1.53. The van der Waals surface area contributed by atoms with Gasteiger partial charge in [0.15, 0.2) is 0 Å². The van der Waals surface area contributed by atoms with Crippen molar-refractivity contribution in [3.05, 3.63) is 29.8 Å². The van der Waals surface area contributed by atoms with Gasteiger partial charge in [0.25, 0.3) is 0 Å². The van der Waals surface area contributed by atoms with Gasteiger partial charge < -0.3 is 9.84 Å². The molecule has 0 unspecified atom stereocenters. The van der Waals surface area contributed by atoms with Gasteiger partial charge in [-0.05, 0) is 36.5 Å². The number of carboxylic acids is 1. The average molecular weight is 236 g/mol. The minimum Gasteiger partial charge on any atom is -0.494 e. The van der Waals surface area contributed by atoms with Crippen LogP contribution in [0, 0.1) is 0 Å². The van der Waals surface area contributed by atoms with Gasteiger partial charge in [0.05, 0.1) is 6.61 Å². The van der Waals surface area contributed by atoms with Crippen molar-refractivity contribution in [2.45, 2.75) is 39.0 Å². The Hall–Kier alpha value is -1.51. The summed E-state index contributed by atoms with van der Waals surface area (Å²) >= 11 is 0. The van der Waals surface area contributed by atoms with E-state index < -0.39 is 5.97 Å². The number of hydrogen-bond donors (Lipinski definition) is 1. The third-order valence-electron chi connectivity index (χ3n) is 2.58. The molecule has 0 fully saturated rings. The second-order valence-electron chi connectivity index (χ2n) is 4.43. The number of hydrogen-bond acceptors (Lipinski definition) is 2. The quantitative estimate of drug-likeness (QED) is 0.738. The SMILES string of the molecule is CC(C)c1cccc(OCCCCC(=O)O)c1. The highest BCUT2D eigenvalue weighted by atomic mass is 16.5. The number of unbranched alkanes of at least 4 members (excludes halogenated alkanes) is 1.